The van der Waals surface area contributed by atoms with Crippen LogP contribution >= 0.6 is 0 Å². The van der Waals surface area contributed by atoms with Gasteiger partial charge in [0.25, 0.3) is 0 Å². The predicted octanol–water partition coefficient (Wildman–Crippen LogP) is 17.9. The molecule has 1 unspecified atom stereocenters. The first-order chi connectivity index (χ1) is 32.7. The van der Waals surface area contributed by atoms with Gasteiger partial charge in [-0.25, -0.2) is 0 Å². The third-order valence-electron chi connectivity index (χ3n) is 13.2. The van der Waals surface area contributed by atoms with E-state index >= 15 is 0 Å². The molecule has 12 rings (SSSR count). The summed E-state index contributed by atoms with van der Waals surface area (Å²) in [4.78, 5) is 2.42. The summed E-state index contributed by atoms with van der Waals surface area (Å²) in [6.07, 6.45) is 0. The van der Waals surface area contributed by atoms with Gasteiger partial charge in [-0.15, -0.1) is 0 Å². The van der Waals surface area contributed by atoms with Gasteiger partial charge in [-0.1, -0.05) is 218 Å². The van der Waals surface area contributed by atoms with Crippen molar-refractivity contribution in [1.82, 2.24) is 0 Å². The molecule has 1 nitrogen and oxygen atoms in total. The van der Waals surface area contributed by atoms with E-state index in [1.807, 2.05) is 0 Å². The maximum atomic E-state index is 2.45. The summed E-state index contributed by atoms with van der Waals surface area (Å²) in [7, 11) is 0. The minimum absolute atomic E-state index is 0.0118. The van der Waals surface area contributed by atoms with Gasteiger partial charge in [0.05, 0.1) is 0 Å². The molecule has 0 aliphatic carbocycles. The van der Waals surface area contributed by atoms with E-state index in [4.69, 9.17) is 0 Å². The first-order valence-corrected chi connectivity index (χ1v) is 22.8. The van der Waals surface area contributed by atoms with Crippen molar-refractivity contribution in [2.24, 2.45) is 0 Å². The number of anilines is 3. The quantitative estimate of drug-likeness (QED) is 0.0979. The van der Waals surface area contributed by atoms with E-state index in [0.29, 0.717) is 0 Å². The Morgan fingerprint density at radius 2 is 0.530 bits per heavy atom. The van der Waals surface area contributed by atoms with Crippen molar-refractivity contribution < 1.29 is 0 Å². The van der Waals surface area contributed by atoms with Crippen LogP contribution in [0, 0.1) is 0 Å². The van der Waals surface area contributed by atoms with Crippen LogP contribution in [0.2, 0.25) is 0 Å². The second-order valence-corrected chi connectivity index (χ2v) is 17.3. The molecule has 66 heavy (non-hydrogen) atoms. The van der Waals surface area contributed by atoms with Crippen LogP contribution in [-0.4, -0.2) is 0 Å². The van der Waals surface area contributed by atoms with Crippen LogP contribution in [0.1, 0.15) is 22.6 Å². The molecule has 0 N–H and O–H groups in total. The van der Waals surface area contributed by atoms with Crippen LogP contribution in [0.15, 0.2) is 267 Å². The van der Waals surface area contributed by atoms with Gasteiger partial charge >= 0.3 is 0 Å². The molecular formula is C65H45N. The van der Waals surface area contributed by atoms with E-state index in [2.05, 4.69) is 272 Å². The van der Waals surface area contributed by atoms with E-state index < -0.39 is 0 Å². The highest BCUT2D eigenvalue weighted by molar-refractivity contribution is 6.24. The van der Waals surface area contributed by atoms with E-state index in [1.54, 1.807) is 0 Å². The molecule has 0 bridgehead atoms. The zero-order chi connectivity index (χ0) is 43.8. The molecule has 0 fully saturated rings. The monoisotopic (exact) mass is 839 g/mol. The Labute approximate surface area is 386 Å². The molecule has 0 spiro atoms. The molecular weight excluding hydrogens is 795 g/mol. The normalized spacial score (nSPS) is 11.9. The Bertz CT molecular complexity index is 3180. The Hall–Kier alpha value is -8.52. The van der Waals surface area contributed by atoms with Crippen molar-refractivity contribution in [3.05, 3.63) is 284 Å². The summed E-state index contributed by atoms with van der Waals surface area (Å²) >= 11 is 0. The van der Waals surface area contributed by atoms with E-state index in [1.165, 1.54) is 93.5 Å². The number of hydrogen-bond acceptors (Lipinski definition) is 1. The minimum Gasteiger partial charge on any atom is -0.310 e. The van der Waals surface area contributed by atoms with Crippen molar-refractivity contribution >= 4 is 49.4 Å². The fourth-order valence-electron chi connectivity index (χ4n) is 10.1. The SMILES string of the molecule is c1ccc(-c2cc(-c3ccccc3)cc(C(c3ccccc3)c3cc4ccc5cc(N(c6ccccc6)c6cc(-c7ccccc7)cc(-c7ccccc7)c6)cc6ccc(c3)c4c56)c2)cc1. The molecule has 0 aromatic heterocycles. The molecule has 0 aliphatic rings. The number of para-hydroxylation sites is 1. The summed E-state index contributed by atoms with van der Waals surface area (Å²) < 4.78 is 0. The first-order valence-electron chi connectivity index (χ1n) is 22.8. The molecule has 0 aliphatic heterocycles. The van der Waals surface area contributed by atoms with Crippen molar-refractivity contribution in [2.75, 3.05) is 4.90 Å². The molecule has 0 saturated carbocycles. The Balaban J connectivity index is 1.02. The smallest absolute Gasteiger partial charge is 0.0473 e. The van der Waals surface area contributed by atoms with E-state index in [9.17, 15) is 0 Å². The van der Waals surface area contributed by atoms with Gasteiger partial charge in [0.2, 0.25) is 0 Å². The molecule has 1 heteroatoms. The Morgan fingerprint density at radius 1 is 0.212 bits per heavy atom. The van der Waals surface area contributed by atoms with Crippen LogP contribution < -0.4 is 4.90 Å². The summed E-state index contributed by atoms with van der Waals surface area (Å²) in [5.74, 6) is 0.0118. The average molecular weight is 840 g/mol. The predicted molar refractivity (Wildman–Crippen MR) is 280 cm³/mol. The lowest BCUT2D eigenvalue weighted by Gasteiger charge is -2.28. The van der Waals surface area contributed by atoms with Crippen molar-refractivity contribution in [1.29, 1.82) is 0 Å². The molecule has 0 amide bonds. The molecule has 310 valence electrons. The summed E-state index contributed by atoms with van der Waals surface area (Å²) in [5.41, 5.74) is 16.8. The average Bonchev–Trinajstić information content (AvgIpc) is 3.39. The van der Waals surface area contributed by atoms with Crippen LogP contribution in [-0.2, 0) is 0 Å². The number of hydrogen-bond donors (Lipinski definition) is 0. The second-order valence-electron chi connectivity index (χ2n) is 17.3. The third kappa shape index (κ3) is 7.37. The van der Waals surface area contributed by atoms with Gasteiger partial charge in [0, 0.05) is 23.0 Å². The summed E-state index contributed by atoms with van der Waals surface area (Å²) in [5, 5.41) is 7.54. The highest BCUT2D eigenvalue weighted by atomic mass is 15.1. The zero-order valence-electron chi connectivity index (χ0n) is 36.4. The van der Waals surface area contributed by atoms with Crippen LogP contribution in [0.4, 0.5) is 17.1 Å². The lowest BCUT2D eigenvalue weighted by molar-refractivity contribution is 0.983. The fourth-order valence-corrected chi connectivity index (χ4v) is 10.1. The standard InChI is InChI=1S/C65H45N/c1-7-19-45(20-8-1)54-37-55(46-21-9-2-10-22-46)40-59(39-54)63(49-27-15-5-16-28-49)58-35-50-31-33-52-41-61(42-53-34-32-51(36-58)64(50)65(52)53)66(60-29-17-6-18-30-60)62-43-56(47-23-11-3-12-24-47)38-57(44-62)48-25-13-4-14-26-48/h1-44,63H. The minimum atomic E-state index is 0.0118. The van der Waals surface area contributed by atoms with Gasteiger partial charge in [0.15, 0.2) is 0 Å². The highest BCUT2D eigenvalue weighted by Gasteiger charge is 2.23. The highest BCUT2D eigenvalue weighted by Crippen LogP contribution is 2.45. The van der Waals surface area contributed by atoms with Crippen molar-refractivity contribution in [3.63, 3.8) is 0 Å². The zero-order valence-corrected chi connectivity index (χ0v) is 36.4. The maximum Gasteiger partial charge on any atom is 0.0473 e. The lowest BCUT2D eigenvalue weighted by Crippen LogP contribution is -2.10. The summed E-state index contributed by atoms with van der Waals surface area (Å²) in [6, 6.07) is 97.9. The van der Waals surface area contributed by atoms with Gasteiger partial charge < -0.3 is 4.90 Å². The molecule has 0 saturated heterocycles. The molecule has 12 aromatic carbocycles. The molecule has 0 radical (unpaired) electrons. The Morgan fingerprint density at radius 3 is 0.939 bits per heavy atom. The fraction of sp³-hybridized carbons (Fsp3) is 0.0154. The number of benzene rings is 12. The first kappa shape index (κ1) is 39.1. The van der Waals surface area contributed by atoms with Gasteiger partial charge in [-0.3, -0.25) is 0 Å². The Kier molecular flexibility index (Phi) is 10.0. The summed E-state index contributed by atoms with van der Waals surface area (Å²) in [6.45, 7) is 0. The molecule has 0 heterocycles. The van der Waals surface area contributed by atoms with Gasteiger partial charge in [0.1, 0.15) is 0 Å². The largest absolute Gasteiger partial charge is 0.310 e. The second kappa shape index (κ2) is 16.9. The van der Waals surface area contributed by atoms with Gasteiger partial charge in [-0.05, 0) is 142 Å². The topological polar surface area (TPSA) is 3.24 Å². The van der Waals surface area contributed by atoms with Crippen molar-refractivity contribution in [3.8, 4) is 44.5 Å². The maximum absolute atomic E-state index is 2.45. The van der Waals surface area contributed by atoms with Crippen molar-refractivity contribution in [2.45, 2.75) is 5.92 Å². The number of nitrogens with zero attached hydrogens (tertiary/aromatic N) is 1. The lowest BCUT2D eigenvalue weighted by atomic mass is 9.81. The van der Waals surface area contributed by atoms with E-state index in [-0.39, 0.29) is 5.92 Å². The van der Waals surface area contributed by atoms with E-state index in [0.717, 1.165) is 17.1 Å². The van der Waals surface area contributed by atoms with Gasteiger partial charge in [-0.2, -0.15) is 0 Å². The number of rotatable bonds is 10. The molecule has 1 atom stereocenters. The van der Waals surface area contributed by atoms with Crippen LogP contribution in [0.5, 0.6) is 0 Å². The van der Waals surface area contributed by atoms with Crippen LogP contribution in [0.3, 0.4) is 0 Å². The molecule has 12 aromatic rings. The van der Waals surface area contributed by atoms with Crippen LogP contribution in [0.25, 0.3) is 76.8 Å². The third-order valence-corrected chi connectivity index (χ3v) is 13.2.